The van der Waals surface area contributed by atoms with Gasteiger partial charge in [-0.15, -0.1) is 0 Å². The molecule has 124 valence electrons. The highest BCUT2D eigenvalue weighted by Gasteiger charge is 2.42. The molecule has 2 aliphatic carbocycles. The molecule has 0 aromatic heterocycles. The van der Waals surface area contributed by atoms with E-state index in [2.05, 4.69) is 5.32 Å². The van der Waals surface area contributed by atoms with Crippen molar-refractivity contribution >= 4 is 11.6 Å². The van der Waals surface area contributed by atoms with Gasteiger partial charge in [0.25, 0.3) is 5.79 Å². The zero-order chi connectivity index (χ0) is 15.7. The highest BCUT2D eigenvalue weighted by Crippen LogP contribution is 2.46. The average Bonchev–Trinajstić information content (AvgIpc) is 2.93. The van der Waals surface area contributed by atoms with Crippen LogP contribution in [-0.4, -0.2) is 11.7 Å². The molecule has 0 saturated heterocycles. The minimum absolute atomic E-state index is 0.149. The zero-order valence-electron chi connectivity index (χ0n) is 13.6. The van der Waals surface area contributed by atoms with Gasteiger partial charge in [0, 0.05) is 30.5 Å². The van der Waals surface area contributed by atoms with E-state index in [0.717, 1.165) is 55.7 Å². The lowest BCUT2D eigenvalue weighted by Gasteiger charge is -2.31. The van der Waals surface area contributed by atoms with E-state index in [4.69, 9.17) is 9.47 Å². The van der Waals surface area contributed by atoms with E-state index in [0.29, 0.717) is 0 Å². The van der Waals surface area contributed by atoms with Crippen LogP contribution in [0, 0.1) is 5.92 Å². The largest absolute Gasteiger partial charge is 0.448 e. The van der Waals surface area contributed by atoms with Gasteiger partial charge < -0.3 is 14.8 Å². The average molecular weight is 315 g/mol. The molecule has 2 saturated carbocycles. The molecule has 23 heavy (non-hydrogen) atoms. The van der Waals surface area contributed by atoms with Crippen molar-refractivity contribution in [1.82, 2.24) is 0 Å². The lowest BCUT2D eigenvalue weighted by molar-refractivity contribution is -0.120. The number of carbonyl (C=O) groups is 1. The molecule has 3 aliphatic rings. The molecule has 1 aliphatic heterocycles. The van der Waals surface area contributed by atoms with Crippen molar-refractivity contribution in [3.63, 3.8) is 0 Å². The quantitative estimate of drug-likeness (QED) is 0.865. The number of ether oxygens (including phenoxy) is 2. The lowest BCUT2D eigenvalue weighted by Crippen LogP contribution is -2.40. The molecule has 1 heterocycles. The third-order valence-corrected chi connectivity index (χ3v) is 5.39. The van der Waals surface area contributed by atoms with Crippen LogP contribution in [0.2, 0.25) is 0 Å². The Kier molecular flexibility index (Phi) is 3.92. The van der Waals surface area contributed by atoms with Crippen LogP contribution in [0.3, 0.4) is 0 Å². The first-order valence-electron chi connectivity index (χ1n) is 9.07. The molecule has 4 nitrogen and oxygen atoms in total. The molecule has 1 N–H and O–H groups in total. The molecule has 2 fully saturated rings. The van der Waals surface area contributed by atoms with Crippen molar-refractivity contribution in [2.24, 2.45) is 5.92 Å². The number of carbonyl (C=O) groups excluding carboxylic acids is 1. The van der Waals surface area contributed by atoms with Crippen LogP contribution in [0.25, 0.3) is 0 Å². The van der Waals surface area contributed by atoms with E-state index < -0.39 is 5.79 Å². The first-order chi connectivity index (χ1) is 11.2. The van der Waals surface area contributed by atoms with Crippen molar-refractivity contribution in [2.75, 3.05) is 5.32 Å². The predicted molar refractivity (Wildman–Crippen MR) is 88.7 cm³/mol. The summed E-state index contributed by atoms with van der Waals surface area (Å²) in [7, 11) is 0. The summed E-state index contributed by atoms with van der Waals surface area (Å²) >= 11 is 0. The van der Waals surface area contributed by atoms with Crippen molar-refractivity contribution < 1.29 is 14.3 Å². The second-order valence-electron chi connectivity index (χ2n) is 7.16. The Morgan fingerprint density at radius 3 is 2.43 bits per heavy atom. The maximum atomic E-state index is 12.4. The van der Waals surface area contributed by atoms with Gasteiger partial charge in [-0.2, -0.15) is 0 Å². The molecule has 0 bridgehead atoms. The minimum atomic E-state index is -0.452. The topological polar surface area (TPSA) is 47.6 Å². The normalized spacial score (nSPS) is 23.0. The number of fused-ring (bicyclic) bond motifs is 1. The Balaban J connectivity index is 1.44. The Morgan fingerprint density at radius 1 is 0.957 bits per heavy atom. The zero-order valence-corrected chi connectivity index (χ0v) is 13.6. The summed E-state index contributed by atoms with van der Waals surface area (Å²) in [5.41, 5.74) is 0.816. The second kappa shape index (κ2) is 6.06. The van der Waals surface area contributed by atoms with Crippen LogP contribution in [0.1, 0.15) is 64.2 Å². The standard InChI is InChI=1S/C19H25NO3/c21-18(14-7-3-1-4-8-14)20-15-9-10-16-17(13-15)23-19(22-16)11-5-2-6-12-19/h9-10,13-14H,1-8,11-12H2,(H,20,21). The predicted octanol–water partition coefficient (Wildman–Crippen LogP) is 4.64. The van der Waals surface area contributed by atoms with Crippen LogP contribution in [-0.2, 0) is 4.79 Å². The molecular weight excluding hydrogens is 290 g/mol. The van der Waals surface area contributed by atoms with Crippen LogP contribution < -0.4 is 14.8 Å². The molecule has 0 radical (unpaired) electrons. The van der Waals surface area contributed by atoms with Crippen molar-refractivity contribution in [3.05, 3.63) is 18.2 Å². The Labute approximate surface area is 137 Å². The smallest absolute Gasteiger partial charge is 0.251 e. The third-order valence-electron chi connectivity index (χ3n) is 5.39. The Bertz CT molecular complexity index is 586. The minimum Gasteiger partial charge on any atom is -0.448 e. The van der Waals surface area contributed by atoms with Gasteiger partial charge in [0.2, 0.25) is 5.91 Å². The number of benzene rings is 1. The van der Waals surface area contributed by atoms with E-state index in [1.165, 1.54) is 25.7 Å². The molecular formula is C19H25NO3. The van der Waals surface area contributed by atoms with Gasteiger partial charge in [0.1, 0.15) is 0 Å². The van der Waals surface area contributed by atoms with Gasteiger partial charge in [-0.05, 0) is 37.8 Å². The van der Waals surface area contributed by atoms with E-state index in [1.807, 2.05) is 18.2 Å². The fourth-order valence-corrected chi connectivity index (χ4v) is 4.08. The second-order valence-corrected chi connectivity index (χ2v) is 7.16. The fraction of sp³-hybridized carbons (Fsp3) is 0.632. The molecule has 4 rings (SSSR count). The number of hydrogen-bond acceptors (Lipinski definition) is 3. The first-order valence-corrected chi connectivity index (χ1v) is 9.07. The summed E-state index contributed by atoms with van der Waals surface area (Å²) in [6.07, 6.45) is 11.1. The Hall–Kier alpha value is -1.71. The highest BCUT2D eigenvalue weighted by atomic mass is 16.7. The Morgan fingerprint density at radius 2 is 1.65 bits per heavy atom. The van der Waals surface area contributed by atoms with Gasteiger partial charge in [0.15, 0.2) is 11.5 Å². The number of nitrogens with one attached hydrogen (secondary N) is 1. The molecule has 1 amide bonds. The van der Waals surface area contributed by atoms with Gasteiger partial charge in [0.05, 0.1) is 0 Å². The first kappa shape index (κ1) is 14.9. The van der Waals surface area contributed by atoms with Gasteiger partial charge in [-0.25, -0.2) is 0 Å². The van der Waals surface area contributed by atoms with Crippen LogP contribution in [0.5, 0.6) is 11.5 Å². The van der Waals surface area contributed by atoms with Crippen molar-refractivity contribution in [3.8, 4) is 11.5 Å². The van der Waals surface area contributed by atoms with Crippen LogP contribution >= 0.6 is 0 Å². The van der Waals surface area contributed by atoms with E-state index >= 15 is 0 Å². The molecule has 1 aromatic rings. The number of hydrogen-bond donors (Lipinski definition) is 1. The van der Waals surface area contributed by atoms with Crippen LogP contribution in [0.4, 0.5) is 5.69 Å². The summed E-state index contributed by atoms with van der Waals surface area (Å²) in [4.78, 5) is 12.4. The van der Waals surface area contributed by atoms with Gasteiger partial charge in [-0.1, -0.05) is 25.7 Å². The van der Waals surface area contributed by atoms with E-state index in [1.54, 1.807) is 0 Å². The van der Waals surface area contributed by atoms with E-state index in [-0.39, 0.29) is 11.8 Å². The SMILES string of the molecule is O=C(Nc1ccc2c(c1)OC1(CCCCC1)O2)C1CCCCC1. The fourth-order valence-electron chi connectivity index (χ4n) is 4.08. The highest BCUT2D eigenvalue weighted by molar-refractivity contribution is 5.92. The van der Waals surface area contributed by atoms with Gasteiger partial charge >= 0.3 is 0 Å². The molecule has 4 heteroatoms. The van der Waals surface area contributed by atoms with Crippen molar-refractivity contribution in [2.45, 2.75) is 70.0 Å². The maximum absolute atomic E-state index is 12.4. The summed E-state index contributed by atoms with van der Waals surface area (Å²) in [5.74, 6) is 1.44. The maximum Gasteiger partial charge on any atom is 0.251 e. The summed E-state index contributed by atoms with van der Waals surface area (Å²) < 4.78 is 12.2. The lowest BCUT2D eigenvalue weighted by atomic mass is 9.88. The molecule has 1 spiro atoms. The van der Waals surface area contributed by atoms with Crippen molar-refractivity contribution in [1.29, 1.82) is 0 Å². The number of amides is 1. The number of rotatable bonds is 2. The molecule has 1 aromatic carbocycles. The number of anilines is 1. The summed E-state index contributed by atoms with van der Waals surface area (Å²) in [5, 5.41) is 3.06. The van der Waals surface area contributed by atoms with Gasteiger partial charge in [-0.3, -0.25) is 4.79 Å². The molecule has 0 unspecified atom stereocenters. The monoisotopic (exact) mass is 315 g/mol. The third kappa shape index (κ3) is 3.04. The molecule has 0 atom stereocenters. The van der Waals surface area contributed by atoms with E-state index in [9.17, 15) is 4.79 Å². The van der Waals surface area contributed by atoms with Crippen LogP contribution in [0.15, 0.2) is 18.2 Å². The summed E-state index contributed by atoms with van der Waals surface area (Å²) in [6, 6.07) is 5.76. The summed E-state index contributed by atoms with van der Waals surface area (Å²) in [6.45, 7) is 0.